The number of amides is 1. The summed E-state index contributed by atoms with van der Waals surface area (Å²) in [4.78, 5) is 19.5. The molecule has 0 saturated heterocycles. The van der Waals surface area contributed by atoms with Crippen LogP contribution in [0.15, 0.2) is 30.3 Å². The SMILES string of the molecule is COc1ccccc1CNC(=O)c1cc(C(F)F)nc(C)n1. The number of benzene rings is 1. The van der Waals surface area contributed by atoms with Crippen LogP contribution >= 0.6 is 0 Å². The van der Waals surface area contributed by atoms with Gasteiger partial charge in [-0.3, -0.25) is 4.79 Å². The van der Waals surface area contributed by atoms with Gasteiger partial charge in [0.15, 0.2) is 0 Å². The van der Waals surface area contributed by atoms with Gasteiger partial charge in [0, 0.05) is 12.1 Å². The van der Waals surface area contributed by atoms with E-state index in [9.17, 15) is 13.6 Å². The zero-order chi connectivity index (χ0) is 16.1. The highest BCUT2D eigenvalue weighted by Gasteiger charge is 2.16. The third-order valence-corrected chi connectivity index (χ3v) is 2.95. The molecular formula is C15H15F2N3O2. The van der Waals surface area contributed by atoms with Crippen molar-refractivity contribution in [1.29, 1.82) is 0 Å². The molecule has 116 valence electrons. The van der Waals surface area contributed by atoms with Gasteiger partial charge in [-0.05, 0) is 19.1 Å². The molecule has 0 aliphatic heterocycles. The third-order valence-electron chi connectivity index (χ3n) is 2.95. The van der Waals surface area contributed by atoms with Crippen molar-refractivity contribution in [2.75, 3.05) is 7.11 Å². The lowest BCUT2D eigenvalue weighted by molar-refractivity contribution is 0.0944. The Hall–Kier alpha value is -2.57. The lowest BCUT2D eigenvalue weighted by Gasteiger charge is -2.10. The van der Waals surface area contributed by atoms with E-state index >= 15 is 0 Å². The molecule has 0 saturated carbocycles. The van der Waals surface area contributed by atoms with Crippen LogP contribution in [-0.2, 0) is 6.54 Å². The summed E-state index contributed by atoms with van der Waals surface area (Å²) in [6, 6.07) is 8.19. The van der Waals surface area contributed by atoms with Crippen LogP contribution in [-0.4, -0.2) is 23.0 Å². The van der Waals surface area contributed by atoms with Crippen molar-refractivity contribution in [1.82, 2.24) is 15.3 Å². The molecule has 2 aromatic rings. The summed E-state index contributed by atoms with van der Waals surface area (Å²) in [6.07, 6.45) is -2.75. The molecule has 0 fully saturated rings. The number of aryl methyl sites for hydroxylation is 1. The molecule has 5 nitrogen and oxygen atoms in total. The van der Waals surface area contributed by atoms with E-state index in [1.165, 1.54) is 14.0 Å². The zero-order valence-corrected chi connectivity index (χ0v) is 12.1. The lowest BCUT2D eigenvalue weighted by Crippen LogP contribution is -2.24. The van der Waals surface area contributed by atoms with Crippen molar-refractivity contribution >= 4 is 5.91 Å². The third kappa shape index (κ3) is 3.75. The summed E-state index contributed by atoms with van der Waals surface area (Å²) in [5.74, 6) is 0.216. The first-order valence-electron chi connectivity index (χ1n) is 6.55. The van der Waals surface area contributed by atoms with E-state index < -0.39 is 18.0 Å². The maximum Gasteiger partial charge on any atom is 0.280 e. The Labute approximate surface area is 126 Å². The molecular weight excluding hydrogens is 292 g/mol. The van der Waals surface area contributed by atoms with Crippen LogP contribution < -0.4 is 10.1 Å². The fraction of sp³-hybridized carbons (Fsp3) is 0.267. The molecule has 0 aliphatic carbocycles. The monoisotopic (exact) mass is 307 g/mol. The van der Waals surface area contributed by atoms with Crippen molar-refractivity contribution in [2.45, 2.75) is 19.9 Å². The predicted octanol–water partition coefficient (Wildman–Crippen LogP) is 2.66. The minimum absolute atomic E-state index is 0.0855. The van der Waals surface area contributed by atoms with Crippen molar-refractivity contribution in [3.63, 3.8) is 0 Å². The number of hydrogen-bond acceptors (Lipinski definition) is 4. The topological polar surface area (TPSA) is 64.1 Å². The van der Waals surface area contributed by atoms with E-state index in [4.69, 9.17) is 4.74 Å². The number of carbonyl (C=O) groups excluding carboxylic acids is 1. The minimum Gasteiger partial charge on any atom is -0.496 e. The number of aromatic nitrogens is 2. The normalized spacial score (nSPS) is 10.6. The second-order valence-corrected chi connectivity index (χ2v) is 4.52. The van der Waals surface area contributed by atoms with Crippen LogP contribution in [0.3, 0.4) is 0 Å². The molecule has 1 aromatic heterocycles. The number of alkyl halides is 2. The molecule has 2 rings (SSSR count). The Morgan fingerprint density at radius 1 is 1.32 bits per heavy atom. The number of para-hydroxylation sites is 1. The van der Waals surface area contributed by atoms with Gasteiger partial charge in [-0.2, -0.15) is 0 Å². The van der Waals surface area contributed by atoms with Crippen LogP contribution in [0.5, 0.6) is 5.75 Å². The summed E-state index contributed by atoms with van der Waals surface area (Å²) < 4.78 is 30.6. The number of nitrogens with one attached hydrogen (secondary N) is 1. The molecule has 0 aliphatic rings. The van der Waals surface area contributed by atoms with E-state index in [0.717, 1.165) is 11.6 Å². The first-order chi connectivity index (χ1) is 10.5. The molecule has 0 atom stereocenters. The molecule has 22 heavy (non-hydrogen) atoms. The number of ether oxygens (including phenoxy) is 1. The van der Waals surface area contributed by atoms with E-state index in [2.05, 4.69) is 15.3 Å². The summed E-state index contributed by atoms with van der Waals surface area (Å²) in [5, 5.41) is 2.63. The Morgan fingerprint density at radius 3 is 2.73 bits per heavy atom. The Bertz CT molecular complexity index is 678. The molecule has 0 bridgehead atoms. The highest BCUT2D eigenvalue weighted by molar-refractivity contribution is 5.92. The fourth-order valence-corrected chi connectivity index (χ4v) is 1.93. The largest absolute Gasteiger partial charge is 0.496 e. The van der Waals surface area contributed by atoms with E-state index in [0.29, 0.717) is 5.75 Å². The van der Waals surface area contributed by atoms with E-state index in [1.54, 1.807) is 12.1 Å². The van der Waals surface area contributed by atoms with Gasteiger partial charge in [0.05, 0.1) is 7.11 Å². The minimum atomic E-state index is -2.75. The number of rotatable bonds is 5. The van der Waals surface area contributed by atoms with Gasteiger partial charge >= 0.3 is 0 Å². The molecule has 1 heterocycles. The Balaban J connectivity index is 2.12. The van der Waals surface area contributed by atoms with Gasteiger partial charge in [0.25, 0.3) is 12.3 Å². The van der Waals surface area contributed by atoms with Gasteiger partial charge in [-0.1, -0.05) is 18.2 Å². The highest BCUT2D eigenvalue weighted by atomic mass is 19.3. The van der Waals surface area contributed by atoms with Crippen LogP contribution in [0, 0.1) is 6.92 Å². The Morgan fingerprint density at radius 2 is 2.05 bits per heavy atom. The number of halogens is 2. The van der Waals surface area contributed by atoms with Crippen molar-refractivity contribution in [3.05, 3.63) is 53.1 Å². The second-order valence-electron chi connectivity index (χ2n) is 4.52. The molecule has 0 radical (unpaired) electrons. The first kappa shape index (κ1) is 15.8. The van der Waals surface area contributed by atoms with Gasteiger partial charge in [0.1, 0.15) is 23.0 Å². The standard InChI is InChI=1S/C15H15F2N3O2/c1-9-19-11(14(16)17)7-12(20-9)15(21)18-8-10-5-3-4-6-13(10)22-2/h3-7,14H,8H2,1-2H3,(H,18,21). The maximum atomic E-state index is 12.7. The van der Waals surface area contributed by atoms with E-state index in [1.807, 2.05) is 12.1 Å². The summed E-state index contributed by atoms with van der Waals surface area (Å²) in [6.45, 7) is 1.67. The summed E-state index contributed by atoms with van der Waals surface area (Å²) in [7, 11) is 1.53. The van der Waals surface area contributed by atoms with Gasteiger partial charge in [0.2, 0.25) is 0 Å². The first-order valence-corrected chi connectivity index (χ1v) is 6.55. The van der Waals surface area contributed by atoms with Gasteiger partial charge in [-0.25, -0.2) is 18.7 Å². The second kappa shape index (κ2) is 6.93. The van der Waals surface area contributed by atoms with Crippen LogP contribution in [0.1, 0.15) is 34.0 Å². The van der Waals surface area contributed by atoms with Crippen molar-refractivity contribution in [3.8, 4) is 5.75 Å². The van der Waals surface area contributed by atoms with Gasteiger partial charge < -0.3 is 10.1 Å². The van der Waals surface area contributed by atoms with Crippen LogP contribution in [0.2, 0.25) is 0 Å². The quantitative estimate of drug-likeness (QED) is 0.922. The fourth-order valence-electron chi connectivity index (χ4n) is 1.93. The summed E-state index contributed by atoms with van der Waals surface area (Å²) in [5.41, 5.74) is 0.228. The average Bonchev–Trinajstić information content (AvgIpc) is 2.52. The highest BCUT2D eigenvalue weighted by Crippen LogP contribution is 2.18. The molecule has 1 aromatic carbocycles. The smallest absolute Gasteiger partial charge is 0.280 e. The molecule has 1 N–H and O–H groups in total. The molecule has 0 unspecified atom stereocenters. The Kier molecular flexibility index (Phi) is 4.98. The number of nitrogens with zero attached hydrogens (tertiary/aromatic N) is 2. The predicted molar refractivity (Wildman–Crippen MR) is 75.9 cm³/mol. The maximum absolute atomic E-state index is 12.7. The molecule has 7 heteroatoms. The van der Waals surface area contributed by atoms with Crippen molar-refractivity contribution in [2.24, 2.45) is 0 Å². The number of carbonyl (C=O) groups is 1. The molecule has 1 amide bonds. The van der Waals surface area contributed by atoms with Crippen LogP contribution in [0.4, 0.5) is 8.78 Å². The lowest BCUT2D eigenvalue weighted by atomic mass is 10.2. The number of methoxy groups -OCH3 is 1. The van der Waals surface area contributed by atoms with E-state index in [-0.39, 0.29) is 18.1 Å². The molecule has 0 spiro atoms. The van der Waals surface area contributed by atoms with Gasteiger partial charge in [-0.15, -0.1) is 0 Å². The van der Waals surface area contributed by atoms with Crippen LogP contribution in [0.25, 0.3) is 0 Å². The average molecular weight is 307 g/mol. The zero-order valence-electron chi connectivity index (χ0n) is 12.1. The number of hydrogen-bond donors (Lipinski definition) is 1. The van der Waals surface area contributed by atoms with Crippen molar-refractivity contribution < 1.29 is 18.3 Å². The summed E-state index contributed by atoms with van der Waals surface area (Å²) >= 11 is 0.